The molecule has 20 heavy (non-hydrogen) atoms. The van der Waals surface area contributed by atoms with E-state index in [1.54, 1.807) is 7.11 Å². The Labute approximate surface area is 119 Å². The van der Waals surface area contributed by atoms with Crippen LogP contribution in [0.25, 0.3) is 0 Å². The molecule has 2 rings (SSSR count). The highest BCUT2D eigenvalue weighted by Crippen LogP contribution is 2.23. The van der Waals surface area contributed by atoms with Gasteiger partial charge in [0.15, 0.2) is 0 Å². The third-order valence-corrected chi connectivity index (χ3v) is 3.26. The summed E-state index contributed by atoms with van der Waals surface area (Å²) in [5.41, 5.74) is 4.03. The monoisotopic (exact) mass is 275 g/mol. The Balaban J connectivity index is 2.10. The first-order chi connectivity index (χ1) is 9.67. The lowest BCUT2D eigenvalue weighted by molar-refractivity contribution is 0.274. The minimum Gasteiger partial charge on any atom is -0.496 e. The van der Waals surface area contributed by atoms with E-state index in [-0.39, 0.29) is 6.61 Å². The van der Waals surface area contributed by atoms with E-state index < -0.39 is 0 Å². The average molecular weight is 275 g/mol. The summed E-state index contributed by atoms with van der Waals surface area (Å²) in [5.74, 6) is 0.702. The van der Waals surface area contributed by atoms with Crippen LogP contribution in [0.4, 0.5) is 5.69 Å². The Hall–Kier alpha value is -2.01. The van der Waals surface area contributed by atoms with Crippen LogP contribution in [0, 0.1) is 0 Å². The molecule has 108 valence electrons. The zero-order chi connectivity index (χ0) is 14.5. The van der Waals surface area contributed by atoms with Crippen molar-refractivity contribution in [3.63, 3.8) is 0 Å². The van der Waals surface area contributed by atoms with Crippen molar-refractivity contribution in [2.45, 2.75) is 26.5 Å². The number of hydrogen-bond donors (Lipinski definition) is 2. The second-order valence-electron chi connectivity index (χ2n) is 4.67. The smallest absolute Gasteiger partial charge is 0.124 e. The van der Waals surface area contributed by atoms with Gasteiger partial charge in [0.25, 0.3) is 0 Å². The van der Waals surface area contributed by atoms with Crippen molar-refractivity contribution < 1.29 is 9.84 Å². The second kappa shape index (κ2) is 6.43. The number of aliphatic hydroxyl groups is 1. The van der Waals surface area contributed by atoms with Gasteiger partial charge in [-0.2, -0.15) is 5.10 Å². The number of aliphatic hydroxyl groups excluding tert-OH is 1. The highest BCUT2D eigenvalue weighted by Gasteiger charge is 2.07. The van der Waals surface area contributed by atoms with E-state index in [1.807, 2.05) is 36.1 Å². The maximum Gasteiger partial charge on any atom is 0.124 e. The van der Waals surface area contributed by atoms with Crippen LogP contribution >= 0.6 is 0 Å². The van der Waals surface area contributed by atoms with Gasteiger partial charge in [-0.3, -0.25) is 4.68 Å². The lowest BCUT2D eigenvalue weighted by atomic mass is 10.1. The van der Waals surface area contributed by atoms with Crippen molar-refractivity contribution >= 4 is 5.69 Å². The molecule has 0 saturated heterocycles. The van der Waals surface area contributed by atoms with Gasteiger partial charge in [0.2, 0.25) is 0 Å². The molecule has 0 radical (unpaired) electrons. The Bertz CT molecular complexity index is 578. The molecule has 2 N–H and O–H groups in total. The predicted molar refractivity (Wildman–Crippen MR) is 78.8 cm³/mol. The minimum atomic E-state index is -0.0359. The van der Waals surface area contributed by atoms with E-state index in [0.29, 0.717) is 12.3 Å². The Morgan fingerprint density at radius 3 is 2.80 bits per heavy atom. The van der Waals surface area contributed by atoms with Crippen LogP contribution in [-0.4, -0.2) is 22.0 Å². The van der Waals surface area contributed by atoms with Crippen molar-refractivity contribution in [2.75, 3.05) is 12.4 Å². The quantitative estimate of drug-likeness (QED) is 0.847. The van der Waals surface area contributed by atoms with E-state index in [2.05, 4.69) is 17.3 Å². The molecule has 2 aromatic rings. The molecule has 0 fully saturated rings. The van der Waals surface area contributed by atoms with E-state index in [9.17, 15) is 5.11 Å². The van der Waals surface area contributed by atoms with Gasteiger partial charge >= 0.3 is 0 Å². The number of nitrogens with zero attached hydrogens (tertiary/aromatic N) is 2. The molecule has 0 amide bonds. The maximum absolute atomic E-state index is 9.32. The summed E-state index contributed by atoms with van der Waals surface area (Å²) in [7, 11) is 3.53. The third kappa shape index (κ3) is 3.11. The van der Waals surface area contributed by atoms with Crippen LogP contribution in [0.2, 0.25) is 0 Å². The standard InChI is InChI=1S/C15H21N3O2/c1-4-14-12(9-18(2)17-14)8-16-13-5-6-15(20-3)11(7-13)10-19/h5-7,9,16,19H,4,8,10H2,1-3H3. The third-order valence-electron chi connectivity index (χ3n) is 3.26. The van der Waals surface area contributed by atoms with Crippen LogP contribution in [0.3, 0.4) is 0 Å². The molecule has 5 nitrogen and oxygen atoms in total. The fraction of sp³-hybridized carbons (Fsp3) is 0.400. The molecule has 0 unspecified atom stereocenters. The minimum absolute atomic E-state index is 0.0359. The van der Waals surface area contributed by atoms with Gasteiger partial charge in [-0.25, -0.2) is 0 Å². The zero-order valence-electron chi connectivity index (χ0n) is 12.2. The topological polar surface area (TPSA) is 59.3 Å². The molecule has 1 heterocycles. The Morgan fingerprint density at radius 2 is 2.15 bits per heavy atom. The number of anilines is 1. The molecule has 0 aliphatic heterocycles. The van der Waals surface area contributed by atoms with Gasteiger partial charge < -0.3 is 15.2 Å². The van der Waals surface area contributed by atoms with Gasteiger partial charge in [0.05, 0.1) is 19.4 Å². The lowest BCUT2D eigenvalue weighted by Gasteiger charge is -2.10. The average Bonchev–Trinajstić information content (AvgIpc) is 2.84. The first kappa shape index (κ1) is 14.4. The zero-order valence-corrected chi connectivity index (χ0v) is 12.2. The fourth-order valence-corrected chi connectivity index (χ4v) is 2.24. The molecule has 0 bridgehead atoms. The van der Waals surface area contributed by atoms with Gasteiger partial charge in [-0.05, 0) is 24.6 Å². The van der Waals surface area contributed by atoms with Crippen molar-refractivity contribution in [1.29, 1.82) is 0 Å². The summed E-state index contributed by atoms with van der Waals surface area (Å²) in [6, 6.07) is 5.71. The number of rotatable bonds is 6. The fourth-order valence-electron chi connectivity index (χ4n) is 2.24. The largest absolute Gasteiger partial charge is 0.496 e. The summed E-state index contributed by atoms with van der Waals surface area (Å²) in [6.45, 7) is 2.78. The van der Waals surface area contributed by atoms with Gasteiger partial charge in [-0.15, -0.1) is 0 Å². The van der Waals surface area contributed by atoms with Gasteiger partial charge in [0, 0.05) is 36.6 Å². The Morgan fingerprint density at radius 1 is 1.35 bits per heavy atom. The first-order valence-corrected chi connectivity index (χ1v) is 6.71. The molecule has 0 atom stereocenters. The van der Waals surface area contributed by atoms with Gasteiger partial charge in [0.1, 0.15) is 5.75 Å². The lowest BCUT2D eigenvalue weighted by Crippen LogP contribution is -2.02. The van der Waals surface area contributed by atoms with Crippen molar-refractivity contribution in [1.82, 2.24) is 9.78 Å². The van der Waals surface area contributed by atoms with Crippen LogP contribution in [0.15, 0.2) is 24.4 Å². The Kier molecular flexibility index (Phi) is 4.63. The molecule has 0 aliphatic rings. The van der Waals surface area contributed by atoms with Crippen molar-refractivity contribution in [3.8, 4) is 5.75 Å². The molecule has 0 aliphatic carbocycles. The summed E-state index contributed by atoms with van der Waals surface area (Å²) >= 11 is 0. The molecule has 0 spiro atoms. The molecule has 1 aromatic carbocycles. The number of benzene rings is 1. The molecular weight excluding hydrogens is 254 g/mol. The SMILES string of the molecule is CCc1nn(C)cc1CNc1ccc(OC)c(CO)c1. The van der Waals surface area contributed by atoms with Crippen LogP contribution in [-0.2, 0) is 26.6 Å². The number of aryl methyl sites for hydroxylation is 2. The normalized spacial score (nSPS) is 10.6. The number of methoxy groups -OCH3 is 1. The number of nitrogens with one attached hydrogen (secondary N) is 1. The van der Waals surface area contributed by atoms with E-state index in [1.165, 1.54) is 5.56 Å². The van der Waals surface area contributed by atoms with Crippen molar-refractivity contribution in [3.05, 3.63) is 41.2 Å². The summed E-state index contributed by atoms with van der Waals surface area (Å²) in [6.07, 6.45) is 2.95. The highest BCUT2D eigenvalue weighted by molar-refractivity contribution is 5.51. The second-order valence-corrected chi connectivity index (χ2v) is 4.67. The molecule has 1 aromatic heterocycles. The maximum atomic E-state index is 9.32. The van der Waals surface area contributed by atoms with E-state index >= 15 is 0 Å². The summed E-state index contributed by atoms with van der Waals surface area (Å²) in [4.78, 5) is 0. The summed E-state index contributed by atoms with van der Waals surface area (Å²) < 4.78 is 7.03. The van der Waals surface area contributed by atoms with E-state index in [0.717, 1.165) is 23.4 Å². The molecule has 5 heteroatoms. The van der Waals surface area contributed by atoms with Crippen LogP contribution in [0.5, 0.6) is 5.75 Å². The highest BCUT2D eigenvalue weighted by atomic mass is 16.5. The molecular formula is C15H21N3O2. The van der Waals surface area contributed by atoms with E-state index in [4.69, 9.17) is 4.74 Å². The number of aromatic nitrogens is 2. The first-order valence-electron chi connectivity index (χ1n) is 6.71. The van der Waals surface area contributed by atoms with Crippen LogP contribution < -0.4 is 10.1 Å². The van der Waals surface area contributed by atoms with Crippen LogP contribution in [0.1, 0.15) is 23.7 Å². The number of ether oxygens (including phenoxy) is 1. The summed E-state index contributed by atoms with van der Waals surface area (Å²) in [5, 5.41) is 17.1. The predicted octanol–water partition coefficient (Wildman–Crippen LogP) is 2.10. The van der Waals surface area contributed by atoms with Gasteiger partial charge in [-0.1, -0.05) is 6.92 Å². The van der Waals surface area contributed by atoms with Crippen molar-refractivity contribution in [2.24, 2.45) is 7.05 Å². The molecule has 0 saturated carbocycles. The number of hydrogen-bond acceptors (Lipinski definition) is 4.